The summed E-state index contributed by atoms with van der Waals surface area (Å²) in [5.74, 6) is 2.13. The average Bonchev–Trinajstić information content (AvgIpc) is 3.17. The van der Waals surface area contributed by atoms with E-state index >= 15 is 0 Å². The molecule has 0 bridgehead atoms. The van der Waals surface area contributed by atoms with Crippen molar-refractivity contribution in [3.8, 4) is 17.2 Å². The minimum Gasteiger partial charge on any atom is -0.493 e. The molecule has 0 atom stereocenters. The molecule has 25 heavy (non-hydrogen) atoms. The molecule has 1 saturated carbocycles. The number of fused-ring (bicyclic) bond motifs is 1. The maximum atomic E-state index is 12.7. The normalized spacial score (nSPS) is 21.2. The molecule has 1 aromatic carbocycles. The standard InChI is InChI=1S/C19H23NO5/c21-17-12-19(7-2-1-3-8-19)18(22)20(17)9-4-10-23-14-5-6-15-16(11-14)25-13-24-15/h5-6,11H,1-4,7-10,12-13H2. The van der Waals surface area contributed by atoms with E-state index in [1.807, 2.05) is 12.1 Å². The molecule has 134 valence electrons. The second-order valence-electron chi connectivity index (χ2n) is 7.09. The van der Waals surface area contributed by atoms with E-state index in [0.717, 1.165) is 31.4 Å². The van der Waals surface area contributed by atoms with Crippen LogP contribution in [0.3, 0.4) is 0 Å². The van der Waals surface area contributed by atoms with Gasteiger partial charge in [-0.3, -0.25) is 14.5 Å². The SMILES string of the molecule is O=C1CC2(CCCCC2)C(=O)N1CCCOc1ccc2c(c1)OCO2. The number of benzene rings is 1. The Morgan fingerprint density at radius 1 is 1.08 bits per heavy atom. The van der Waals surface area contributed by atoms with Gasteiger partial charge in [-0.05, 0) is 31.4 Å². The zero-order valence-corrected chi connectivity index (χ0v) is 14.3. The maximum absolute atomic E-state index is 12.7. The Bertz CT molecular complexity index is 680. The third kappa shape index (κ3) is 3.05. The molecule has 0 aromatic heterocycles. The zero-order chi connectivity index (χ0) is 17.3. The fourth-order valence-corrected chi connectivity index (χ4v) is 4.08. The molecule has 2 heterocycles. The Balaban J connectivity index is 1.28. The van der Waals surface area contributed by atoms with Crippen molar-refractivity contribution in [1.82, 2.24) is 4.90 Å². The lowest BCUT2D eigenvalue weighted by molar-refractivity contribution is -0.142. The Labute approximate surface area is 147 Å². The van der Waals surface area contributed by atoms with Crippen LogP contribution in [0.2, 0.25) is 0 Å². The van der Waals surface area contributed by atoms with Crippen molar-refractivity contribution in [2.24, 2.45) is 5.41 Å². The first-order valence-corrected chi connectivity index (χ1v) is 9.05. The van der Waals surface area contributed by atoms with Crippen molar-refractivity contribution in [3.63, 3.8) is 0 Å². The highest BCUT2D eigenvalue weighted by Crippen LogP contribution is 2.45. The van der Waals surface area contributed by atoms with E-state index in [0.29, 0.717) is 37.5 Å². The van der Waals surface area contributed by atoms with E-state index in [4.69, 9.17) is 14.2 Å². The van der Waals surface area contributed by atoms with Crippen LogP contribution in [-0.4, -0.2) is 36.7 Å². The van der Waals surface area contributed by atoms with Crippen molar-refractivity contribution in [3.05, 3.63) is 18.2 Å². The van der Waals surface area contributed by atoms with E-state index in [2.05, 4.69) is 0 Å². The molecule has 2 fully saturated rings. The van der Waals surface area contributed by atoms with Crippen LogP contribution in [-0.2, 0) is 9.59 Å². The fraction of sp³-hybridized carbons (Fsp3) is 0.579. The molecule has 3 aliphatic rings. The first-order chi connectivity index (χ1) is 12.2. The number of hydrogen-bond acceptors (Lipinski definition) is 5. The fourth-order valence-electron chi connectivity index (χ4n) is 4.08. The summed E-state index contributed by atoms with van der Waals surface area (Å²) in [5, 5.41) is 0. The van der Waals surface area contributed by atoms with Gasteiger partial charge in [-0.2, -0.15) is 0 Å². The highest BCUT2D eigenvalue weighted by atomic mass is 16.7. The smallest absolute Gasteiger partial charge is 0.235 e. The third-order valence-electron chi connectivity index (χ3n) is 5.44. The third-order valence-corrected chi connectivity index (χ3v) is 5.44. The summed E-state index contributed by atoms with van der Waals surface area (Å²) in [4.78, 5) is 26.5. The van der Waals surface area contributed by atoms with Crippen molar-refractivity contribution in [2.45, 2.75) is 44.9 Å². The molecule has 1 spiro atoms. The molecule has 0 radical (unpaired) electrons. The molecule has 4 rings (SSSR count). The van der Waals surface area contributed by atoms with Crippen molar-refractivity contribution in [2.75, 3.05) is 19.9 Å². The number of carbonyl (C=O) groups is 2. The highest BCUT2D eigenvalue weighted by Gasteiger charge is 2.51. The number of ether oxygens (including phenoxy) is 3. The van der Waals surface area contributed by atoms with E-state index in [9.17, 15) is 9.59 Å². The molecule has 2 amide bonds. The number of likely N-dealkylation sites (tertiary alicyclic amines) is 1. The minimum atomic E-state index is -0.395. The molecular weight excluding hydrogens is 322 g/mol. The van der Waals surface area contributed by atoms with Crippen LogP contribution in [0.5, 0.6) is 17.2 Å². The topological polar surface area (TPSA) is 65.1 Å². The van der Waals surface area contributed by atoms with Gasteiger partial charge in [-0.15, -0.1) is 0 Å². The van der Waals surface area contributed by atoms with Gasteiger partial charge in [-0.1, -0.05) is 19.3 Å². The quantitative estimate of drug-likeness (QED) is 0.606. The van der Waals surface area contributed by atoms with Gasteiger partial charge >= 0.3 is 0 Å². The second-order valence-corrected chi connectivity index (χ2v) is 7.09. The summed E-state index contributed by atoms with van der Waals surface area (Å²) < 4.78 is 16.3. The minimum absolute atomic E-state index is 0.0185. The summed E-state index contributed by atoms with van der Waals surface area (Å²) in [6.45, 7) is 1.12. The van der Waals surface area contributed by atoms with Gasteiger partial charge in [0.25, 0.3) is 0 Å². The molecule has 1 saturated heterocycles. The van der Waals surface area contributed by atoms with Crippen LogP contribution in [0.1, 0.15) is 44.9 Å². The molecule has 0 unspecified atom stereocenters. The molecule has 6 nitrogen and oxygen atoms in total. The molecule has 1 aromatic rings. The van der Waals surface area contributed by atoms with Crippen LogP contribution >= 0.6 is 0 Å². The van der Waals surface area contributed by atoms with Gasteiger partial charge in [0.15, 0.2) is 11.5 Å². The lowest BCUT2D eigenvalue weighted by atomic mass is 9.73. The van der Waals surface area contributed by atoms with Gasteiger partial charge in [0.05, 0.1) is 12.0 Å². The number of rotatable bonds is 5. The molecule has 2 aliphatic heterocycles. The van der Waals surface area contributed by atoms with Crippen LogP contribution in [0.4, 0.5) is 0 Å². The summed E-state index contributed by atoms with van der Waals surface area (Å²) >= 11 is 0. The number of imide groups is 1. The van der Waals surface area contributed by atoms with Gasteiger partial charge in [0.2, 0.25) is 18.6 Å². The Morgan fingerprint density at radius 3 is 2.72 bits per heavy atom. The van der Waals surface area contributed by atoms with Crippen molar-refractivity contribution < 1.29 is 23.8 Å². The van der Waals surface area contributed by atoms with Crippen molar-refractivity contribution in [1.29, 1.82) is 0 Å². The first kappa shape index (κ1) is 16.2. The second kappa shape index (κ2) is 6.58. The van der Waals surface area contributed by atoms with Crippen LogP contribution in [0, 0.1) is 5.41 Å². The summed E-state index contributed by atoms with van der Waals surface area (Å²) in [7, 11) is 0. The van der Waals surface area contributed by atoms with Crippen LogP contribution in [0.25, 0.3) is 0 Å². The molecule has 1 aliphatic carbocycles. The summed E-state index contributed by atoms with van der Waals surface area (Å²) in [6.07, 6.45) is 6.03. The molecule has 0 N–H and O–H groups in total. The van der Waals surface area contributed by atoms with Gasteiger partial charge in [0.1, 0.15) is 5.75 Å². The number of nitrogens with zero attached hydrogens (tertiary/aromatic N) is 1. The first-order valence-electron chi connectivity index (χ1n) is 9.05. The van der Waals surface area contributed by atoms with Gasteiger partial charge < -0.3 is 14.2 Å². The van der Waals surface area contributed by atoms with E-state index in [-0.39, 0.29) is 18.6 Å². The molecular formula is C19H23NO5. The van der Waals surface area contributed by atoms with Crippen molar-refractivity contribution >= 4 is 11.8 Å². The van der Waals surface area contributed by atoms with Gasteiger partial charge in [-0.25, -0.2) is 0 Å². The Morgan fingerprint density at radius 2 is 1.88 bits per heavy atom. The Hall–Kier alpha value is -2.24. The predicted molar refractivity (Wildman–Crippen MR) is 89.5 cm³/mol. The zero-order valence-electron chi connectivity index (χ0n) is 14.3. The largest absolute Gasteiger partial charge is 0.493 e. The van der Waals surface area contributed by atoms with E-state index in [1.54, 1.807) is 6.07 Å². The summed E-state index contributed by atoms with van der Waals surface area (Å²) in [6, 6.07) is 5.44. The maximum Gasteiger partial charge on any atom is 0.235 e. The monoisotopic (exact) mass is 345 g/mol. The highest BCUT2D eigenvalue weighted by molar-refractivity contribution is 6.05. The average molecular weight is 345 g/mol. The number of hydrogen-bond donors (Lipinski definition) is 0. The van der Waals surface area contributed by atoms with E-state index < -0.39 is 5.41 Å². The van der Waals surface area contributed by atoms with Crippen LogP contribution in [0.15, 0.2) is 18.2 Å². The lowest BCUT2D eigenvalue weighted by Crippen LogP contribution is -2.37. The van der Waals surface area contributed by atoms with Crippen LogP contribution < -0.4 is 14.2 Å². The Kier molecular flexibility index (Phi) is 4.27. The van der Waals surface area contributed by atoms with Gasteiger partial charge in [0, 0.05) is 19.0 Å². The molecule has 6 heteroatoms. The van der Waals surface area contributed by atoms with E-state index in [1.165, 1.54) is 11.3 Å². The lowest BCUT2D eigenvalue weighted by Gasteiger charge is -2.30. The predicted octanol–water partition coefficient (Wildman–Crippen LogP) is 2.89. The summed E-state index contributed by atoms with van der Waals surface area (Å²) in [5.41, 5.74) is -0.395. The number of carbonyl (C=O) groups excluding carboxylic acids is 2. The number of amides is 2.